The molecule has 21 heavy (non-hydrogen) atoms. The van der Waals surface area contributed by atoms with Gasteiger partial charge in [0.2, 0.25) is 0 Å². The highest BCUT2D eigenvalue weighted by Gasteiger charge is 2.12. The average Bonchev–Trinajstić information content (AvgIpc) is 2.49. The van der Waals surface area contributed by atoms with E-state index in [2.05, 4.69) is 15.3 Å². The number of nitrogens with zero attached hydrogens (tertiary/aromatic N) is 1. The summed E-state index contributed by atoms with van der Waals surface area (Å²) in [5.74, 6) is -0.134. The van der Waals surface area contributed by atoms with E-state index >= 15 is 0 Å². The first-order valence-corrected chi connectivity index (χ1v) is 6.28. The lowest BCUT2D eigenvalue weighted by Crippen LogP contribution is -2.23. The summed E-state index contributed by atoms with van der Waals surface area (Å²) in [6.07, 6.45) is 1.43. The average molecular weight is 280 g/mol. The number of aromatic nitrogens is 2. The van der Waals surface area contributed by atoms with E-state index in [9.17, 15) is 9.59 Å². The van der Waals surface area contributed by atoms with Crippen molar-refractivity contribution in [1.29, 1.82) is 0 Å². The van der Waals surface area contributed by atoms with Crippen molar-refractivity contribution in [3.63, 3.8) is 0 Å². The predicted octanol–water partition coefficient (Wildman–Crippen LogP) is 1.76. The Morgan fingerprint density at radius 2 is 2.00 bits per heavy atom. The van der Waals surface area contributed by atoms with E-state index < -0.39 is 11.5 Å². The maximum Gasteiger partial charge on any atom is 0.261 e. The number of nitrogens with one attached hydrogen (secondary N) is 2. The lowest BCUT2D eigenvalue weighted by molar-refractivity contribution is 0.102. The van der Waals surface area contributed by atoms with Gasteiger partial charge in [-0.2, -0.15) is 0 Å². The van der Waals surface area contributed by atoms with Gasteiger partial charge in [-0.25, -0.2) is 4.98 Å². The van der Waals surface area contributed by atoms with Gasteiger partial charge < -0.3 is 16.0 Å². The molecule has 0 spiro atoms. The molecule has 0 aliphatic heterocycles. The van der Waals surface area contributed by atoms with Crippen LogP contribution >= 0.6 is 0 Å². The number of rotatable bonds is 2. The Bertz CT molecular complexity index is 869. The minimum absolute atomic E-state index is 0.0468. The highest BCUT2D eigenvalue weighted by molar-refractivity contribution is 6.05. The Kier molecular flexibility index (Phi) is 3.12. The van der Waals surface area contributed by atoms with E-state index in [1.807, 2.05) is 18.2 Å². The summed E-state index contributed by atoms with van der Waals surface area (Å²) in [5.41, 5.74) is 6.25. The molecule has 0 bridgehead atoms. The summed E-state index contributed by atoms with van der Waals surface area (Å²) in [6, 6.07) is 12.0. The second-order valence-corrected chi connectivity index (χ2v) is 4.53. The monoisotopic (exact) mass is 280 g/mol. The molecule has 3 aromatic rings. The van der Waals surface area contributed by atoms with Crippen LogP contribution in [0.1, 0.15) is 10.4 Å². The molecular weight excluding hydrogens is 268 g/mol. The number of para-hydroxylation sites is 1. The van der Waals surface area contributed by atoms with Crippen molar-refractivity contribution < 1.29 is 4.79 Å². The van der Waals surface area contributed by atoms with E-state index in [0.29, 0.717) is 17.0 Å². The molecule has 0 aliphatic carbocycles. The number of benzene rings is 1. The second-order valence-electron chi connectivity index (χ2n) is 4.53. The van der Waals surface area contributed by atoms with Crippen LogP contribution in [0.15, 0.2) is 53.5 Å². The van der Waals surface area contributed by atoms with Gasteiger partial charge in [0.1, 0.15) is 11.4 Å². The minimum Gasteiger partial charge on any atom is -0.384 e. The minimum atomic E-state index is -0.492. The van der Waals surface area contributed by atoms with Crippen LogP contribution in [0.25, 0.3) is 10.9 Å². The van der Waals surface area contributed by atoms with Crippen molar-refractivity contribution >= 4 is 28.3 Å². The number of fused-ring (bicyclic) bond motifs is 1. The molecule has 0 aliphatic rings. The number of aromatic amines is 1. The van der Waals surface area contributed by atoms with Gasteiger partial charge in [-0.3, -0.25) is 9.59 Å². The van der Waals surface area contributed by atoms with Crippen LogP contribution in [0, 0.1) is 0 Å². The van der Waals surface area contributed by atoms with E-state index in [1.165, 1.54) is 6.20 Å². The van der Waals surface area contributed by atoms with Crippen LogP contribution in [0.2, 0.25) is 0 Å². The van der Waals surface area contributed by atoms with Crippen molar-refractivity contribution in [2.75, 3.05) is 11.1 Å². The number of nitrogens with two attached hydrogens (primary N) is 1. The van der Waals surface area contributed by atoms with Crippen LogP contribution < -0.4 is 16.6 Å². The molecule has 0 atom stereocenters. The number of hydrogen-bond donors (Lipinski definition) is 3. The fourth-order valence-electron chi connectivity index (χ4n) is 1.99. The van der Waals surface area contributed by atoms with E-state index in [4.69, 9.17) is 5.73 Å². The molecule has 6 nitrogen and oxygen atoms in total. The number of pyridine rings is 2. The van der Waals surface area contributed by atoms with Crippen molar-refractivity contribution in [2.45, 2.75) is 0 Å². The number of amides is 1. The lowest BCUT2D eigenvalue weighted by atomic mass is 10.1. The molecule has 6 heteroatoms. The largest absolute Gasteiger partial charge is 0.384 e. The van der Waals surface area contributed by atoms with Crippen molar-refractivity contribution in [1.82, 2.24) is 9.97 Å². The zero-order valence-corrected chi connectivity index (χ0v) is 11.0. The number of carbonyl (C=O) groups is 1. The normalized spacial score (nSPS) is 10.5. The van der Waals surface area contributed by atoms with Crippen LogP contribution in [-0.2, 0) is 0 Å². The quantitative estimate of drug-likeness (QED) is 0.665. The summed E-state index contributed by atoms with van der Waals surface area (Å²) in [4.78, 5) is 30.7. The molecule has 1 aromatic carbocycles. The number of carbonyl (C=O) groups excluding carboxylic acids is 1. The summed E-state index contributed by atoms with van der Waals surface area (Å²) in [7, 11) is 0. The molecule has 2 aromatic heterocycles. The zero-order chi connectivity index (χ0) is 14.8. The summed E-state index contributed by atoms with van der Waals surface area (Å²) in [6.45, 7) is 0. The maximum absolute atomic E-state index is 12.2. The Morgan fingerprint density at radius 1 is 1.19 bits per heavy atom. The van der Waals surface area contributed by atoms with Gasteiger partial charge in [-0.05, 0) is 29.7 Å². The fourth-order valence-corrected chi connectivity index (χ4v) is 1.99. The van der Waals surface area contributed by atoms with Gasteiger partial charge in [0.15, 0.2) is 0 Å². The molecule has 1 amide bonds. The van der Waals surface area contributed by atoms with Crippen LogP contribution in [0.3, 0.4) is 0 Å². The van der Waals surface area contributed by atoms with Gasteiger partial charge in [0.05, 0.1) is 11.9 Å². The van der Waals surface area contributed by atoms with Gasteiger partial charge in [0, 0.05) is 5.52 Å². The summed E-state index contributed by atoms with van der Waals surface area (Å²) >= 11 is 0. The van der Waals surface area contributed by atoms with E-state index in [0.717, 1.165) is 5.39 Å². The Morgan fingerprint density at radius 3 is 2.76 bits per heavy atom. The highest BCUT2D eigenvalue weighted by Crippen LogP contribution is 2.12. The van der Waals surface area contributed by atoms with Crippen molar-refractivity contribution in [3.05, 3.63) is 64.6 Å². The van der Waals surface area contributed by atoms with Crippen LogP contribution in [-0.4, -0.2) is 15.9 Å². The van der Waals surface area contributed by atoms with Crippen LogP contribution in [0.4, 0.5) is 11.5 Å². The van der Waals surface area contributed by atoms with Gasteiger partial charge >= 0.3 is 0 Å². The first-order valence-electron chi connectivity index (χ1n) is 6.28. The van der Waals surface area contributed by atoms with Crippen LogP contribution in [0.5, 0.6) is 0 Å². The number of hydrogen-bond acceptors (Lipinski definition) is 4. The number of anilines is 2. The zero-order valence-electron chi connectivity index (χ0n) is 11.0. The molecule has 4 N–H and O–H groups in total. The number of H-pyrrole nitrogens is 1. The van der Waals surface area contributed by atoms with Crippen molar-refractivity contribution in [2.24, 2.45) is 0 Å². The smallest absolute Gasteiger partial charge is 0.261 e. The Labute approximate surface area is 119 Å². The number of nitrogen functional groups attached to an aromatic ring is 1. The molecule has 3 rings (SSSR count). The second kappa shape index (κ2) is 5.09. The van der Waals surface area contributed by atoms with E-state index in [-0.39, 0.29) is 5.56 Å². The standard InChI is InChI=1S/C15H12N4O2/c16-13-6-5-10(8-17-13)18-14(20)11-7-9-3-1-2-4-12(9)19-15(11)21/h1-8H,(H2,16,17)(H,18,20)(H,19,21). The topological polar surface area (TPSA) is 101 Å². The first-order chi connectivity index (χ1) is 10.1. The molecule has 2 heterocycles. The third-order valence-corrected chi connectivity index (χ3v) is 3.04. The Hall–Kier alpha value is -3.15. The van der Waals surface area contributed by atoms with Crippen molar-refractivity contribution in [3.8, 4) is 0 Å². The molecule has 0 unspecified atom stereocenters. The Balaban J connectivity index is 1.95. The molecular formula is C15H12N4O2. The molecule has 0 fully saturated rings. The summed E-state index contributed by atoms with van der Waals surface area (Å²) in [5, 5.41) is 3.40. The molecule has 0 saturated heterocycles. The molecule has 0 radical (unpaired) electrons. The molecule has 0 saturated carbocycles. The third-order valence-electron chi connectivity index (χ3n) is 3.04. The van der Waals surface area contributed by atoms with E-state index in [1.54, 1.807) is 24.3 Å². The fraction of sp³-hybridized carbons (Fsp3) is 0. The molecule has 104 valence electrons. The predicted molar refractivity (Wildman–Crippen MR) is 81.2 cm³/mol. The van der Waals surface area contributed by atoms with Gasteiger partial charge in [0.25, 0.3) is 11.5 Å². The van der Waals surface area contributed by atoms with Gasteiger partial charge in [-0.1, -0.05) is 18.2 Å². The SMILES string of the molecule is Nc1ccc(NC(=O)c2cc3ccccc3[nH]c2=O)cn1. The maximum atomic E-state index is 12.2. The first kappa shape index (κ1) is 12.9. The van der Waals surface area contributed by atoms with Gasteiger partial charge in [-0.15, -0.1) is 0 Å². The summed E-state index contributed by atoms with van der Waals surface area (Å²) < 4.78 is 0. The highest BCUT2D eigenvalue weighted by atomic mass is 16.2. The third kappa shape index (κ3) is 2.59. The lowest BCUT2D eigenvalue weighted by Gasteiger charge is -2.05.